The van der Waals surface area contributed by atoms with Crippen molar-refractivity contribution in [3.63, 3.8) is 0 Å². The van der Waals surface area contributed by atoms with Crippen LogP contribution in [0.25, 0.3) is 0 Å². The maximum absolute atomic E-state index is 13.7. The van der Waals surface area contributed by atoms with Crippen molar-refractivity contribution in [1.82, 2.24) is 5.32 Å². The van der Waals surface area contributed by atoms with E-state index in [-0.39, 0.29) is 18.6 Å². The quantitative estimate of drug-likeness (QED) is 0.874. The van der Waals surface area contributed by atoms with Crippen molar-refractivity contribution in [3.05, 3.63) is 34.1 Å². The molecule has 0 bridgehead atoms. The number of rotatable bonds is 4. The molecule has 0 aromatic heterocycles. The molecule has 0 spiro atoms. The van der Waals surface area contributed by atoms with Gasteiger partial charge in [-0.15, -0.1) is 0 Å². The van der Waals surface area contributed by atoms with Crippen molar-refractivity contribution in [2.45, 2.75) is 18.4 Å². The number of hydrogen-bond acceptors (Lipinski definition) is 3. The van der Waals surface area contributed by atoms with Crippen molar-refractivity contribution in [2.24, 2.45) is 0 Å². The van der Waals surface area contributed by atoms with Gasteiger partial charge in [-0.05, 0) is 24.6 Å². The Labute approximate surface area is 123 Å². The summed E-state index contributed by atoms with van der Waals surface area (Å²) in [6.07, 6.45) is 0.134. The predicted molar refractivity (Wildman–Crippen MR) is 72.0 cm³/mol. The zero-order valence-electron chi connectivity index (χ0n) is 10.5. The van der Waals surface area contributed by atoms with Crippen LogP contribution in [0, 0.1) is 5.82 Å². The van der Waals surface area contributed by atoms with Crippen molar-refractivity contribution in [1.29, 1.82) is 0 Å². The van der Waals surface area contributed by atoms with Gasteiger partial charge in [0.25, 0.3) is 5.91 Å². The van der Waals surface area contributed by atoms with Gasteiger partial charge in [0, 0.05) is 11.1 Å². The highest BCUT2D eigenvalue weighted by Gasteiger charge is 2.39. The molecule has 2 N–H and O–H groups in total. The normalized spacial score (nSPS) is 21.7. The van der Waals surface area contributed by atoms with Gasteiger partial charge in [-0.3, -0.25) is 9.59 Å². The van der Waals surface area contributed by atoms with Crippen LogP contribution in [0.5, 0.6) is 0 Å². The Kier molecular flexibility index (Phi) is 4.39. The van der Waals surface area contributed by atoms with Crippen LogP contribution in [0.2, 0.25) is 0 Å². The number of aliphatic carboxylic acids is 1. The smallest absolute Gasteiger partial charge is 0.305 e. The van der Waals surface area contributed by atoms with E-state index in [1.54, 1.807) is 0 Å². The number of nitrogens with one attached hydrogen (secondary N) is 1. The lowest BCUT2D eigenvalue weighted by Crippen LogP contribution is -2.50. The zero-order valence-corrected chi connectivity index (χ0v) is 12.1. The zero-order chi connectivity index (χ0) is 14.8. The molecule has 7 heteroatoms. The predicted octanol–water partition coefficient (Wildman–Crippen LogP) is 1.95. The summed E-state index contributed by atoms with van der Waals surface area (Å²) >= 11 is 3.17. The number of halogens is 2. The first kappa shape index (κ1) is 14.9. The van der Waals surface area contributed by atoms with Crippen molar-refractivity contribution >= 4 is 27.8 Å². The fourth-order valence-electron chi connectivity index (χ4n) is 2.16. The summed E-state index contributed by atoms with van der Waals surface area (Å²) in [5.74, 6) is -2.34. The van der Waals surface area contributed by atoms with Crippen LogP contribution in [0.15, 0.2) is 22.7 Å². The summed E-state index contributed by atoms with van der Waals surface area (Å²) in [6, 6.07) is 4.01. The van der Waals surface area contributed by atoms with Crippen LogP contribution in [0.3, 0.4) is 0 Å². The van der Waals surface area contributed by atoms with Crippen LogP contribution in [-0.2, 0) is 9.53 Å². The molecule has 1 atom stereocenters. The molecule has 1 aromatic rings. The summed E-state index contributed by atoms with van der Waals surface area (Å²) in [4.78, 5) is 23.1. The minimum absolute atomic E-state index is 0.112. The van der Waals surface area contributed by atoms with Crippen molar-refractivity contribution in [3.8, 4) is 0 Å². The molecule has 1 unspecified atom stereocenters. The van der Waals surface area contributed by atoms with Gasteiger partial charge >= 0.3 is 5.97 Å². The minimum Gasteiger partial charge on any atom is -0.481 e. The lowest BCUT2D eigenvalue weighted by molar-refractivity contribution is -0.138. The van der Waals surface area contributed by atoms with E-state index in [9.17, 15) is 14.0 Å². The summed E-state index contributed by atoms with van der Waals surface area (Å²) in [6.45, 7) is 0.481. The van der Waals surface area contributed by atoms with E-state index in [0.717, 1.165) is 0 Å². The molecule has 20 heavy (non-hydrogen) atoms. The van der Waals surface area contributed by atoms with Crippen LogP contribution in [-0.4, -0.2) is 35.7 Å². The Morgan fingerprint density at radius 3 is 2.85 bits per heavy atom. The van der Waals surface area contributed by atoms with Gasteiger partial charge in [0.15, 0.2) is 0 Å². The molecule has 1 aromatic carbocycles. The van der Waals surface area contributed by atoms with E-state index in [1.807, 2.05) is 0 Å². The molecule has 2 rings (SSSR count). The first-order valence-corrected chi connectivity index (χ1v) is 6.78. The molecule has 1 aliphatic rings. The third kappa shape index (κ3) is 3.34. The Morgan fingerprint density at radius 2 is 2.25 bits per heavy atom. The number of benzene rings is 1. The van der Waals surface area contributed by atoms with E-state index in [1.165, 1.54) is 18.2 Å². The number of hydrogen-bond donors (Lipinski definition) is 2. The van der Waals surface area contributed by atoms with Gasteiger partial charge in [0.05, 0.1) is 24.1 Å². The summed E-state index contributed by atoms with van der Waals surface area (Å²) in [5.41, 5.74) is -1.10. The first-order chi connectivity index (χ1) is 9.42. The number of ether oxygens (including phenoxy) is 1. The molecular weight excluding hydrogens is 333 g/mol. The maximum Gasteiger partial charge on any atom is 0.305 e. The Balaban J connectivity index is 2.20. The molecule has 0 saturated carbocycles. The summed E-state index contributed by atoms with van der Waals surface area (Å²) in [5, 5.41) is 11.5. The Hall–Kier alpha value is -1.47. The van der Waals surface area contributed by atoms with Gasteiger partial charge in [0.1, 0.15) is 5.82 Å². The first-order valence-electron chi connectivity index (χ1n) is 5.99. The van der Waals surface area contributed by atoms with Crippen LogP contribution in [0.1, 0.15) is 23.2 Å². The monoisotopic (exact) mass is 345 g/mol. The Morgan fingerprint density at radius 1 is 1.50 bits per heavy atom. The highest BCUT2D eigenvalue weighted by molar-refractivity contribution is 9.10. The molecular formula is C13H13BrFNO4. The van der Waals surface area contributed by atoms with Crippen molar-refractivity contribution in [2.75, 3.05) is 13.2 Å². The Bertz CT molecular complexity index is 543. The molecule has 5 nitrogen and oxygen atoms in total. The summed E-state index contributed by atoms with van der Waals surface area (Å²) in [7, 11) is 0. The van der Waals surface area contributed by atoms with Gasteiger partial charge in [-0.1, -0.05) is 15.9 Å². The molecule has 1 saturated heterocycles. The molecule has 1 aliphatic heterocycles. The third-order valence-electron chi connectivity index (χ3n) is 3.14. The molecule has 1 fully saturated rings. The standard InChI is InChI=1S/C13H13BrFNO4/c14-8-1-2-10(15)9(5-8)12(19)16-13(6-11(17)18)3-4-20-7-13/h1-2,5H,3-4,6-7H2,(H,16,19)(H,17,18). The SMILES string of the molecule is O=C(O)CC1(NC(=O)c2cc(Br)ccc2F)CCOC1. The second kappa shape index (κ2) is 5.88. The van der Waals surface area contributed by atoms with Crippen LogP contribution in [0.4, 0.5) is 4.39 Å². The number of carboxylic acid groups (broad SMARTS) is 1. The number of carbonyl (C=O) groups excluding carboxylic acids is 1. The van der Waals surface area contributed by atoms with E-state index in [4.69, 9.17) is 9.84 Å². The fraction of sp³-hybridized carbons (Fsp3) is 0.385. The fourth-order valence-corrected chi connectivity index (χ4v) is 2.52. The highest BCUT2D eigenvalue weighted by atomic mass is 79.9. The second-order valence-corrected chi connectivity index (χ2v) is 5.65. The third-order valence-corrected chi connectivity index (χ3v) is 3.64. The average molecular weight is 346 g/mol. The van der Waals surface area contributed by atoms with Crippen molar-refractivity contribution < 1.29 is 23.8 Å². The van der Waals surface area contributed by atoms with E-state index in [0.29, 0.717) is 17.5 Å². The lowest BCUT2D eigenvalue weighted by Gasteiger charge is -2.27. The van der Waals surface area contributed by atoms with Gasteiger partial charge in [0.2, 0.25) is 0 Å². The van der Waals surface area contributed by atoms with Gasteiger partial charge < -0.3 is 15.2 Å². The topological polar surface area (TPSA) is 75.6 Å². The molecule has 0 radical (unpaired) electrons. The van der Waals surface area contributed by atoms with Gasteiger partial charge in [-0.25, -0.2) is 4.39 Å². The highest BCUT2D eigenvalue weighted by Crippen LogP contribution is 2.24. The van der Waals surface area contributed by atoms with Gasteiger partial charge in [-0.2, -0.15) is 0 Å². The molecule has 1 amide bonds. The number of carbonyl (C=O) groups is 2. The van der Waals surface area contributed by atoms with E-state index >= 15 is 0 Å². The average Bonchev–Trinajstić information content (AvgIpc) is 2.79. The molecule has 1 heterocycles. The lowest BCUT2D eigenvalue weighted by atomic mass is 9.93. The van der Waals surface area contributed by atoms with Crippen LogP contribution < -0.4 is 5.32 Å². The van der Waals surface area contributed by atoms with E-state index < -0.39 is 23.2 Å². The maximum atomic E-state index is 13.7. The minimum atomic E-state index is -1.04. The van der Waals surface area contributed by atoms with E-state index in [2.05, 4.69) is 21.2 Å². The number of amides is 1. The molecule has 108 valence electrons. The largest absolute Gasteiger partial charge is 0.481 e. The number of carboxylic acids is 1. The van der Waals surface area contributed by atoms with Crippen LogP contribution >= 0.6 is 15.9 Å². The second-order valence-electron chi connectivity index (χ2n) is 4.73. The molecule has 0 aliphatic carbocycles. The summed E-state index contributed by atoms with van der Waals surface area (Å²) < 4.78 is 19.4.